The van der Waals surface area contributed by atoms with Crippen LogP contribution in [0.4, 0.5) is 32.0 Å². The van der Waals surface area contributed by atoms with Crippen molar-refractivity contribution in [1.29, 1.82) is 0 Å². The van der Waals surface area contributed by atoms with Crippen molar-refractivity contribution < 1.29 is 60.1 Å². The van der Waals surface area contributed by atoms with Crippen molar-refractivity contribution >= 4 is 29.4 Å². The number of hydrogen-bond acceptors (Lipinski definition) is 7. The third kappa shape index (κ3) is 9.79. The predicted molar refractivity (Wildman–Crippen MR) is 160 cm³/mol. The molecule has 2 amide bonds. The fourth-order valence-corrected chi connectivity index (χ4v) is 4.48. The molecule has 0 aliphatic heterocycles. The number of nitrogens with zero attached hydrogens (tertiary/aromatic N) is 2. The Hall–Kier alpha value is -5.93. The summed E-state index contributed by atoms with van der Waals surface area (Å²) in [6, 6.07) is 14.5. The molecule has 0 bridgehead atoms. The molecule has 3 aromatic carbocycles. The van der Waals surface area contributed by atoms with E-state index in [0.717, 1.165) is 23.2 Å². The maximum atomic E-state index is 13.5. The lowest BCUT2D eigenvalue weighted by molar-refractivity contribution is -0.139. The van der Waals surface area contributed by atoms with Crippen LogP contribution in [0.1, 0.15) is 43.0 Å². The first kappa shape index (κ1) is 35.9. The molecule has 0 spiro atoms. The smallest absolute Gasteiger partial charge is 0.417 e. The number of amides is 2. The molecule has 0 atom stereocenters. The van der Waals surface area contributed by atoms with Crippen molar-refractivity contribution in [2.45, 2.75) is 25.3 Å². The van der Waals surface area contributed by atoms with Crippen LogP contribution in [-0.4, -0.2) is 52.4 Å². The number of benzene rings is 3. The minimum Gasteiger partial charge on any atom is -0.497 e. The number of aromatic nitrogens is 1. The molecule has 1 heterocycles. The Balaban J connectivity index is 1.40. The highest BCUT2D eigenvalue weighted by Gasteiger charge is 2.34. The molecule has 0 unspecified atom stereocenters. The average molecular weight is 690 g/mol. The van der Waals surface area contributed by atoms with Gasteiger partial charge in [0.2, 0.25) is 5.91 Å². The Morgan fingerprint density at radius 3 is 2.06 bits per heavy atom. The maximum Gasteiger partial charge on any atom is 0.417 e. The van der Waals surface area contributed by atoms with Gasteiger partial charge < -0.3 is 24.8 Å². The molecule has 2 N–H and O–H groups in total. The number of carboxylic acid groups (broad SMARTS) is 1. The molecular formula is C33H25F6N3O7. The number of esters is 1. The first-order valence-electron chi connectivity index (χ1n) is 14.0. The second-order valence-corrected chi connectivity index (χ2v) is 10.4. The summed E-state index contributed by atoms with van der Waals surface area (Å²) in [6.07, 6.45) is -8.57. The van der Waals surface area contributed by atoms with E-state index >= 15 is 0 Å². The van der Waals surface area contributed by atoms with E-state index in [4.69, 9.17) is 9.47 Å². The number of carboxylic acids is 1. The van der Waals surface area contributed by atoms with Gasteiger partial charge in [-0.15, -0.1) is 0 Å². The van der Waals surface area contributed by atoms with Gasteiger partial charge in [-0.2, -0.15) is 26.3 Å². The number of nitrogens with one attached hydrogen (secondary N) is 1. The highest BCUT2D eigenvalue weighted by Crippen LogP contribution is 2.35. The number of methoxy groups -OCH3 is 1. The SMILES string of the molecule is COc1ccc(CC(=O)Nc2ccc(C(=O)N(CC(=O)O)Cc3ccc(OC(=O)c4cncc(C(F)(F)F)c4)cc3)cc2)c(C(F)(F)F)c1. The van der Waals surface area contributed by atoms with Crippen molar-refractivity contribution in [1.82, 2.24) is 9.88 Å². The normalized spacial score (nSPS) is 11.4. The summed E-state index contributed by atoms with van der Waals surface area (Å²) in [6.45, 7) is -0.918. The van der Waals surface area contributed by atoms with Crippen molar-refractivity contribution in [3.63, 3.8) is 0 Å². The molecular weight excluding hydrogens is 664 g/mol. The number of alkyl halides is 6. The Morgan fingerprint density at radius 2 is 1.47 bits per heavy atom. The Morgan fingerprint density at radius 1 is 0.816 bits per heavy atom. The molecule has 0 saturated heterocycles. The van der Waals surface area contributed by atoms with Crippen LogP contribution in [0.5, 0.6) is 11.5 Å². The van der Waals surface area contributed by atoms with Crippen LogP contribution < -0.4 is 14.8 Å². The molecule has 256 valence electrons. The first-order valence-corrected chi connectivity index (χ1v) is 14.0. The van der Waals surface area contributed by atoms with Gasteiger partial charge in [-0.1, -0.05) is 18.2 Å². The van der Waals surface area contributed by atoms with E-state index in [2.05, 4.69) is 10.3 Å². The minimum atomic E-state index is -4.73. The molecule has 4 rings (SSSR count). The molecule has 10 nitrogen and oxygen atoms in total. The molecule has 0 aliphatic carbocycles. The van der Waals surface area contributed by atoms with Gasteiger partial charge in [-0.3, -0.25) is 19.4 Å². The monoisotopic (exact) mass is 689 g/mol. The first-order chi connectivity index (χ1) is 23.0. The molecule has 0 fully saturated rings. The fraction of sp³-hybridized carbons (Fsp3) is 0.182. The number of halogens is 6. The van der Waals surface area contributed by atoms with E-state index in [1.54, 1.807) is 0 Å². The highest BCUT2D eigenvalue weighted by atomic mass is 19.4. The Labute approximate surface area is 273 Å². The zero-order valence-electron chi connectivity index (χ0n) is 25.3. The number of aliphatic carboxylic acids is 1. The van der Waals surface area contributed by atoms with Crippen molar-refractivity contribution in [3.8, 4) is 11.5 Å². The summed E-state index contributed by atoms with van der Waals surface area (Å²) in [5, 5.41) is 11.8. The van der Waals surface area contributed by atoms with E-state index in [1.807, 2.05) is 0 Å². The predicted octanol–water partition coefficient (Wildman–Crippen LogP) is 6.26. The summed E-state index contributed by atoms with van der Waals surface area (Å²) in [5.41, 5.74) is -2.25. The van der Waals surface area contributed by atoms with Crippen LogP contribution in [0.3, 0.4) is 0 Å². The largest absolute Gasteiger partial charge is 0.497 e. The lowest BCUT2D eigenvalue weighted by Crippen LogP contribution is -2.35. The molecule has 1 aromatic heterocycles. The summed E-state index contributed by atoms with van der Waals surface area (Å²) in [4.78, 5) is 54.0. The zero-order chi connectivity index (χ0) is 35.9. The summed E-state index contributed by atoms with van der Waals surface area (Å²) < 4.78 is 89.3. The number of anilines is 1. The van der Waals surface area contributed by atoms with Crippen LogP contribution in [0.15, 0.2) is 85.2 Å². The van der Waals surface area contributed by atoms with Crippen LogP contribution in [-0.2, 0) is 34.9 Å². The average Bonchev–Trinajstić information content (AvgIpc) is 3.04. The number of pyridine rings is 1. The molecule has 0 saturated carbocycles. The molecule has 0 aliphatic rings. The van der Waals surface area contributed by atoms with Crippen molar-refractivity contribution in [2.24, 2.45) is 0 Å². The number of ether oxygens (including phenoxy) is 2. The van der Waals surface area contributed by atoms with Gasteiger partial charge in [-0.25, -0.2) is 4.79 Å². The third-order valence-electron chi connectivity index (χ3n) is 6.81. The van der Waals surface area contributed by atoms with Crippen LogP contribution in [0.25, 0.3) is 0 Å². The summed E-state index contributed by atoms with van der Waals surface area (Å²) in [7, 11) is 1.21. The van der Waals surface area contributed by atoms with Gasteiger partial charge in [0.05, 0.1) is 30.2 Å². The second-order valence-electron chi connectivity index (χ2n) is 10.4. The summed E-state index contributed by atoms with van der Waals surface area (Å²) in [5.74, 6) is -3.96. The van der Waals surface area contributed by atoms with Crippen LogP contribution in [0, 0.1) is 0 Å². The molecule has 49 heavy (non-hydrogen) atoms. The lowest BCUT2D eigenvalue weighted by Gasteiger charge is -2.21. The van der Waals surface area contributed by atoms with Crippen molar-refractivity contribution in [3.05, 3.63) is 119 Å². The maximum absolute atomic E-state index is 13.5. The number of hydrogen-bond donors (Lipinski definition) is 2. The van der Waals surface area contributed by atoms with Gasteiger partial charge in [0.1, 0.15) is 18.0 Å². The topological polar surface area (TPSA) is 135 Å². The zero-order valence-corrected chi connectivity index (χ0v) is 25.3. The quantitative estimate of drug-likeness (QED) is 0.107. The van der Waals surface area contributed by atoms with Gasteiger partial charge in [0.15, 0.2) is 0 Å². The van der Waals surface area contributed by atoms with Crippen LogP contribution >= 0.6 is 0 Å². The Kier molecular flexibility index (Phi) is 10.9. The Bertz CT molecular complexity index is 1840. The molecule has 4 aromatic rings. The second kappa shape index (κ2) is 14.9. The molecule has 0 radical (unpaired) electrons. The van der Waals surface area contributed by atoms with E-state index in [1.165, 1.54) is 61.7 Å². The van der Waals surface area contributed by atoms with Gasteiger partial charge in [0, 0.05) is 30.2 Å². The molecule has 16 heteroatoms. The van der Waals surface area contributed by atoms with Crippen LogP contribution in [0.2, 0.25) is 0 Å². The van der Waals surface area contributed by atoms with Gasteiger partial charge in [0.25, 0.3) is 5.91 Å². The highest BCUT2D eigenvalue weighted by molar-refractivity contribution is 5.97. The van der Waals surface area contributed by atoms with Gasteiger partial charge in [-0.05, 0) is 65.7 Å². The van der Waals surface area contributed by atoms with E-state index in [9.17, 15) is 50.6 Å². The third-order valence-corrected chi connectivity index (χ3v) is 6.81. The number of carbonyl (C=O) groups is 4. The number of rotatable bonds is 11. The van der Waals surface area contributed by atoms with Gasteiger partial charge >= 0.3 is 24.3 Å². The fourth-order valence-electron chi connectivity index (χ4n) is 4.48. The lowest BCUT2D eigenvalue weighted by atomic mass is 10.0. The standard InChI is InChI=1S/C33H25F6N3O7/c1-48-26-11-6-21(27(14-26)33(37,38)39)13-28(43)41-24-7-4-20(5-8-24)30(46)42(18-29(44)45)17-19-2-9-25(10-3-19)49-31(47)22-12-23(16-40-15-22)32(34,35)36/h2-12,14-16H,13,17-18H2,1H3,(H,41,43)(H,44,45). The minimum absolute atomic E-state index is 0.0263. The number of carbonyl (C=O) groups excluding carboxylic acids is 3. The van der Waals surface area contributed by atoms with E-state index in [-0.39, 0.29) is 34.9 Å². The van der Waals surface area contributed by atoms with E-state index < -0.39 is 65.8 Å². The summed E-state index contributed by atoms with van der Waals surface area (Å²) >= 11 is 0. The van der Waals surface area contributed by atoms with Crippen molar-refractivity contribution in [2.75, 3.05) is 19.0 Å². The van der Waals surface area contributed by atoms with E-state index in [0.29, 0.717) is 17.8 Å².